The first-order valence-electron chi connectivity index (χ1n) is 4.46. The van der Waals surface area contributed by atoms with Gasteiger partial charge in [0.1, 0.15) is 0 Å². The number of nitrogens with zero attached hydrogens (tertiary/aromatic N) is 1. The molecule has 0 aliphatic carbocycles. The van der Waals surface area contributed by atoms with Gasteiger partial charge < -0.3 is 0 Å². The molecule has 0 atom stereocenters. The third-order valence-electron chi connectivity index (χ3n) is 2.15. The Balaban J connectivity index is 2.68. The van der Waals surface area contributed by atoms with Crippen LogP contribution in [-0.2, 0) is 6.42 Å². The summed E-state index contributed by atoms with van der Waals surface area (Å²) >= 11 is 3.60. The number of para-hydroxylation sites is 1. The number of allylic oxidation sites excluding steroid dienone is 1. The van der Waals surface area contributed by atoms with E-state index in [1.165, 1.54) is 5.56 Å². The normalized spacial score (nSPS) is 10.4. The van der Waals surface area contributed by atoms with Gasteiger partial charge in [-0.15, -0.1) is 6.58 Å². The van der Waals surface area contributed by atoms with E-state index in [1.807, 2.05) is 30.5 Å². The summed E-state index contributed by atoms with van der Waals surface area (Å²) in [6.45, 7) is 3.73. The van der Waals surface area contributed by atoms with Gasteiger partial charge in [0.15, 0.2) is 0 Å². The third kappa shape index (κ3) is 1.58. The van der Waals surface area contributed by atoms with Crippen LogP contribution in [0.3, 0.4) is 0 Å². The van der Waals surface area contributed by atoms with E-state index < -0.39 is 0 Å². The standard InChI is InChI=1S/C12H10BrN/c1-2-5-9-8-14-11-7-4-3-6-10(11)12(9)13/h2-4,6-8H,1,5H2. The van der Waals surface area contributed by atoms with Gasteiger partial charge in [-0.25, -0.2) is 0 Å². The average Bonchev–Trinajstić information content (AvgIpc) is 2.23. The number of aromatic nitrogens is 1. The number of halogens is 1. The maximum absolute atomic E-state index is 4.38. The molecule has 0 fully saturated rings. The molecule has 1 nitrogen and oxygen atoms in total. The van der Waals surface area contributed by atoms with Gasteiger partial charge in [-0.2, -0.15) is 0 Å². The molecular formula is C12H10BrN. The molecule has 1 aromatic carbocycles. The lowest BCUT2D eigenvalue weighted by atomic mass is 10.1. The smallest absolute Gasteiger partial charge is 0.0713 e. The Hall–Kier alpha value is -1.15. The van der Waals surface area contributed by atoms with Gasteiger partial charge in [0.05, 0.1) is 5.52 Å². The maximum atomic E-state index is 4.38. The molecule has 2 heteroatoms. The number of fused-ring (bicyclic) bond motifs is 1. The zero-order chi connectivity index (χ0) is 9.97. The quantitative estimate of drug-likeness (QED) is 0.738. The molecule has 1 aromatic heterocycles. The lowest BCUT2D eigenvalue weighted by molar-refractivity contribution is 1.21. The zero-order valence-electron chi connectivity index (χ0n) is 7.70. The Morgan fingerprint density at radius 1 is 1.36 bits per heavy atom. The minimum absolute atomic E-state index is 0.846. The van der Waals surface area contributed by atoms with Crippen LogP contribution in [0.5, 0.6) is 0 Å². The molecule has 0 saturated heterocycles. The van der Waals surface area contributed by atoms with Crippen LogP contribution >= 0.6 is 15.9 Å². The van der Waals surface area contributed by atoms with Crippen molar-refractivity contribution in [1.29, 1.82) is 0 Å². The van der Waals surface area contributed by atoms with Crippen molar-refractivity contribution in [3.05, 3.63) is 53.2 Å². The van der Waals surface area contributed by atoms with Crippen molar-refractivity contribution in [2.75, 3.05) is 0 Å². The van der Waals surface area contributed by atoms with Gasteiger partial charge in [-0.3, -0.25) is 4.98 Å². The van der Waals surface area contributed by atoms with Crippen LogP contribution in [0.25, 0.3) is 10.9 Å². The first-order valence-corrected chi connectivity index (χ1v) is 5.25. The second kappa shape index (κ2) is 3.93. The summed E-state index contributed by atoms with van der Waals surface area (Å²) in [5.41, 5.74) is 2.20. The van der Waals surface area contributed by atoms with Crippen LogP contribution in [-0.4, -0.2) is 4.98 Å². The SMILES string of the molecule is C=CCc1cnc2ccccc2c1Br. The predicted molar refractivity (Wildman–Crippen MR) is 63.3 cm³/mol. The number of hydrogen-bond donors (Lipinski definition) is 0. The number of pyridine rings is 1. The molecule has 0 bridgehead atoms. The Labute approximate surface area is 91.6 Å². The van der Waals surface area contributed by atoms with Gasteiger partial charge in [0.2, 0.25) is 0 Å². The van der Waals surface area contributed by atoms with E-state index in [9.17, 15) is 0 Å². The zero-order valence-corrected chi connectivity index (χ0v) is 9.29. The highest BCUT2D eigenvalue weighted by Gasteiger charge is 2.03. The fourth-order valence-electron chi connectivity index (χ4n) is 1.45. The van der Waals surface area contributed by atoms with Crippen molar-refractivity contribution in [3.63, 3.8) is 0 Å². The Morgan fingerprint density at radius 2 is 2.14 bits per heavy atom. The molecular weight excluding hydrogens is 238 g/mol. The summed E-state index contributed by atoms with van der Waals surface area (Å²) in [5.74, 6) is 0. The molecule has 2 aromatic rings. The van der Waals surface area contributed by atoms with Gasteiger partial charge in [0, 0.05) is 16.1 Å². The third-order valence-corrected chi connectivity index (χ3v) is 3.08. The van der Waals surface area contributed by atoms with E-state index >= 15 is 0 Å². The van der Waals surface area contributed by atoms with E-state index in [-0.39, 0.29) is 0 Å². The van der Waals surface area contributed by atoms with Gasteiger partial charge in [0.25, 0.3) is 0 Å². The molecule has 70 valence electrons. The molecule has 0 N–H and O–H groups in total. The molecule has 1 heterocycles. The van der Waals surface area contributed by atoms with Crippen LogP contribution in [0.4, 0.5) is 0 Å². The fraction of sp³-hybridized carbons (Fsp3) is 0.0833. The molecule has 0 radical (unpaired) electrons. The lowest BCUT2D eigenvalue weighted by Gasteiger charge is -2.04. The Kier molecular flexibility index (Phi) is 2.64. The second-order valence-electron chi connectivity index (χ2n) is 3.11. The van der Waals surface area contributed by atoms with Crippen molar-refractivity contribution in [2.45, 2.75) is 6.42 Å². The van der Waals surface area contributed by atoms with Crippen molar-refractivity contribution in [1.82, 2.24) is 4.98 Å². The fourth-order valence-corrected chi connectivity index (χ4v) is 2.05. The maximum Gasteiger partial charge on any atom is 0.0713 e. The number of hydrogen-bond acceptors (Lipinski definition) is 1. The summed E-state index contributed by atoms with van der Waals surface area (Å²) in [6, 6.07) is 8.10. The molecule has 0 amide bonds. The van der Waals surface area contributed by atoms with Crippen LogP contribution in [0.2, 0.25) is 0 Å². The van der Waals surface area contributed by atoms with Gasteiger partial charge in [-0.1, -0.05) is 24.3 Å². The molecule has 0 aliphatic heterocycles. The highest BCUT2D eigenvalue weighted by Crippen LogP contribution is 2.26. The Bertz CT molecular complexity index is 477. The van der Waals surface area contributed by atoms with Crippen molar-refractivity contribution >= 4 is 26.8 Å². The monoisotopic (exact) mass is 247 g/mol. The summed E-state index contributed by atoms with van der Waals surface area (Å²) in [5, 5.41) is 1.16. The van der Waals surface area contributed by atoms with E-state index in [1.54, 1.807) is 0 Å². The lowest BCUT2D eigenvalue weighted by Crippen LogP contribution is -1.88. The van der Waals surface area contributed by atoms with Gasteiger partial charge in [-0.05, 0) is 34.0 Å². The number of rotatable bonds is 2. The topological polar surface area (TPSA) is 12.9 Å². The highest BCUT2D eigenvalue weighted by atomic mass is 79.9. The van der Waals surface area contributed by atoms with Crippen LogP contribution < -0.4 is 0 Å². The first-order chi connectivity index (χ1) is 6.83. The summed E-state index contributed by atoms with van der Waals surface area (Å²) in [6.07, 6.45) is 4.63. The van der Waals surface area contributed by atoms with E-state index in [4.69, 9.17) is 0 Å². The molecule has 14 heavy (non-hydrogen) atoms. The minimum atomic E-state index is 0.846. The van der Waals surface area contributed by atoms with E-state index in [0.29, 0.717) is 0 Å². The molecule has 0 saturated carbocycles. The average molecular weight is 248 g/mol. The van der Waals surface area contributed by atoms with Crippen molar-refractivity contribution in [3.8, 4) is 0 Å². The van der Waals surface area contributed by atoms with Crippen LogP contribution in [0.1, 0.15) is 5.56 Å². The van der Waals surface area contributed by atoms with E-state index in [0.717, 1.165) is 21.8 Å². The second-order valence-corrected chi connectivity index (χ2v) is 3.90. The Morgan fingerprint density at radius 3 is 2.93 bits per heavy atom. The summed E-state index contributed by atoms with van der Waals surface area (Å²) in [7, 11) is 0. The van der Waals surface area contributed by atoms with Crippen molar-refractivity contribution < 1.29 is 0 Å². The highest BCUT2D eigenvalue weighted by molar-refractivity contribution is 9.10. The molecule has 0 unspecified atom stereocenters. The molecule has 0 aliphatic rings. The van der Waals surface area contributed by atoms with Crippen LogP contribution in [0, 0.1) is 0 Å². The molecule has 0 spiro atoms. The largest absolute Gasteiger partial charge is 0.256 e. The minimum Gasteiger partial charge on any atom is -0.256 e. The predicted octanol–water partition coefficient (Wildman–Crippen LogP) is 3.73. The molecule has 2 rings (SSSR count). The first kappa shape index (κ1) is 9.41. The van der Waals surface area contributed by atoms with Gasteiger partial charge >= 0.3 is 0 Å². The summed E-state index contributed by atoms with van der Waals surface area (Å²) in [4.78, 5) is 4.38. The van der Waals surface area contributed by atoms with Crippen molar-refractivity contribution in [2.24, 2.45) is 0 Å². The summed E-state index contributed by atoms with van der Waals surface area (Å²) < 4.78 is 1.13. The van der Waals surface area contributed by atoms with Crippen LogP contribution in [0.15, 0.2) is 47.6 Å². The van der Waals surface area contributed by atoms with E-state index in [2.05, 4.69) is 33.6 Å². The number of benzene rings is 1.